The van der Waals surface area contributed by atoms with Crippen LogP contribution in [0.25, 0.3) is 20.8 Å². The fraction of sp³-hybridized carbons (Fsp3) is 0.259. The molecule has 0 radical (unpaired) electrons. The second-order valence-corrected chi connectivity index (χ2v) is 10.6. The largest absolute Gasteiger partial charge is 0.495 e. The van der Waals surface area contributed by atoms with Gasteiger partial charge in [-0.25, -0.2) is 14.2 Å². The molecule has 0 aliphatic heterocycles. The molecule has 1 saturated carbocycles. The number of hydrogen-bond acceptors (Lipinski definition) is 6. The number of ether oxygens (including phenoxy) is 1. The van der Waals surface area contributed by atoms with Crippen molar-refractivity contribution >= 4 is 45.2 Å². The van der Waals surface area contributed by atoms with Crippen molar-refractivity contribution in [3.05, 3.63) is 71.5 Å². The van der Waals surface area contributed by atoms with E-state index in [1.807, 2.05) is 18.2 Å². The third-order valence-corrected chi connectivity index (χ3v) is 8.27. The van der Waals surface area contributed by atoms with Crippen LogP contribution in [0.2, 0.25) is 0 Å². The van der Waals surface area contributed by atoms with Crippen molar-refractivity contribution in [1.82, 2.24) is 4.98 Å². The Morgan fingerprint density at radius 3 is 2.60 bits per heavy atom. The number of rotatable bonds is 7. The molecule has 0 bridgehead atoms. The van der Waals surface area contributed by atoms with Gasteiger partial charge in [0.15, 0.2) is 0 Å². The summed E-state index contributed by atoms with van der Waals surface area (Å²) in [5.41, 5.74) is 3.42. The molecule has 0 amide bonds. The number of nitrogens with one attached hydrogen (secondary N) is 1. The van der Waals surface area contributed by atoms with Gasteiger partial charge in [0.2, 0.25) is 0 Å². The Balaban J connectivity index is 1.32. The molecule has 1 heterocycles. The maximum Gasteiger partial charge on any atom is 0.338 e. The minimum atomic E-state index is -1.34. The van der Waals surface area contributed by atoms with Crippen LogP contribution in [0, 0.1) is 5.82 Å². The molecule has 0 atom stereocenters. The monoisotopic (exact) mass is 508 g/mol. The number of halogens is 1. The second kappa shape index (κ2) is 10.3. The van der Waals surface area contributed by atoms with Crippen LogP contribution in [0.5, 0.6) is 5.75 Å². The smallest absolute Gasteiger partial charge is 0.338 e. The molecule has 1 aliphatic rings. The first kappa shape index (κ1) is 23.6. The molecule has 1 aromatic heterocycles. The summed E-state index contributed by atoms with van der Waals surface area (Å²) in [5, 5.41) is 10.1. The number of methoxy groups -OCH3 is 1. The highest BCUT2D eigenvalue weighted by Crippen LogP contribution is 2.37. The molecule has 0 unspecified atom stereocenters. The summed E-state index contributed by atoms with van der Waals surface area (Å²) in [6.45, 7) is 0. The van der Waals surface area contributed by atoms with Crippen molar-refractivity contribution in [1.29, 1.82) is 0 Å². The third-order valence-electron chi connectivity index (χ3n) is 6.39. The highest BCUT2D eigenvalue weighted by Gasteiger charge is 2.17. The number of carboxylic acid groups (broad SMARTS) is 1. The van der Waals surface area contributed by atoms with E-state index in [1.54, 1.807) is 11.3 Å². The summed E-state index contributed by atoms with van der Waals surface area (Å²) in [4.78, 5) is 16.9. The summed E-state index contributed by atoms with van der Waals surface area (Å²) in [7, 11) is 1.42. The van der Waals surface area contributed by atoms with Gasteiger partial charge in [-0.15, -0.1) is 11.3 Å². The first-order valence-electron chi connectivity index (χ1n) is 11.6. The van der Waals surface area contributed by atoms with Crippen molar-refractivity contribution < 1.29 is 19.0 Å². The van der Waals surface area contributed by atoms with Crippen LogP contribution >= 0.6 is 23.3 Å². The van der Waals surface area contributed by atoms with Gasteiger partial charge in [-0.1, -0.05) is 43.5 Å². The second-order valence-electron chi connectivity index (χ2n) is 8.65. The standard InChI is InChI=1S/C27H25FN2O3S2/c1-33-24-14-20(27(31)32)21(28)15-23(24)30-35-19-11-12-22-25(13-19)34-26(29-22)18-9-7-17(8-10-18)16-5-3-2-4-6-16/h7-16,30H,2-6H2,1H3,(H,31,32). The minimum Gasteiger partial charge on any atom is -0.495 e. The molecule has 2 N–H and O–H groups in total. The van der Waals surface area contributed by atoms with E-state index >= 15 is 0 Å². The normalized spacial score (nSPS) is 14.2. The maximum atomic E-state index is 14.2. The molecule has 5 nitrogen and oxygen atoms in total. The van der Waals surface area contributed by atoms with Crippen LogP contribution in [0.1, 0.15) is 53.9 Å². The van der Waals surface area contributed by atoms with Crippen LogP contribution in [-0.4, -0.2) is 23.2 Å². The molecule has 5 rings (SSSR count). The van der Waals surface area contributed by atoms with Crippen LogP contribution in [0.4, 0.5) is 10.1 Å². The van der Waals surface area contributed by atoms with Gasteiger partial charge >= 0.3 is 5.97 Å². The number of anilines is 1. The lowest BCUT2D eigenvalue weighted by Gasteiger charge is -2.21. The Bertz CT molecular complexity index is 1370. The summed E-state index contributed by atoms with van der Waals surface area (Å²) in [6.07, 6.45) is 6.59. The van der Waals surface area contributed by atoms with Gasteiger partial charge in [-0.3, -0.25) is 0 Å². The van der Waals surface area contributed by atoms with Crippen molar-refractivity contribution in [3.8, 4) is 16.3 Å². The molecule has 180 valence electrons. The molecule has 1 fully saturated rings. The summed E-state index contributed by atoms with van der Waals surface area (Å²) < 4.78 is 23.5. The zero-order valence-corrected chi connectivity index (χ0v) is 20.8. The lowest BCUT2D eigenvalue weighted by molar-refractivity contribution is 0.0691. The number of aromatic nitrogens is 1. The average molecular weight is 509 g/mol. The zero-order chi connectivity index (χ0) is 24.4. The number of carbonyl (C=O) groups is 1. The fourth-order valence-electron chi connectivity index (χ4n) is 4.51. The number of nitrogens with zero attached hydrogens (tertiary/aromatic N) is 1. The topological polar surface area (TPSA) is 71.5 Å². The van der Waals surface area contributed by atoms with Gasteiger partial charge in [0.25, 0.3) is 0 Å². The van der Waals surface area contributed by atoms with Gasteiger partial charge in [-0.05, 0) is 60.5 Å². The van der Waals surface area contributed by atoms with Gasteiger partial charge in [-0.2, -0.15) is 0 Å². The van der Waals surface area contributed by atoms with E-state index in [9.17, 15) is 9.18 Å². The van der Waals surface area contributed by atoms with Crippen LogP contribution in [-0.2, 0) is 0 Å². The first-order valence-corrected chi connectivity index (χ1v) is 13.2. The van der Waals surface area contributed by atoms with Crippen molar-refractivity contribution in [2.24, 2.45) is 0 Å². The number of benzene rings is 3. The lowest BCUT2D eigenvalue weighted by atomic mass is 9.84. The quantitative estimate of drug-likeness (QED) is 0.247. The average Bonchev–Trinajstić information content (AvgIpc) is 3.31. The Hall–Kier alpha value is -3.10. The van der Waals surface area contributed by atoms with E-state index in [0.29, 0.717) is 11.6 Å². The number of carboxylic acids is 1. The molecule has 8 heteroatoms. The van der Waals surface area contributed by atoms with E-state index in [0.717, 1.165) is 31.7 Å². The molecule has 0 saturated heterocycles. The molecule has 1 aliphatic carbocycles. The maximum absolute atomic E-state index is 14.2. The highest BCUT2D eigenvalue weighted by atomic mass is 32.2. The van der Waals surface area contributed by atoms with E-state index in [-0.39, 0.29) is 5.75 Å². The van der Waals surface area contributed by atoms with Crippen molar-refractivity contribution in [3.63, 3.8) is 0 Å². The minimum absolute atomic E-state index is 0.258. The van der Waals surface area contributed by atoms with Gasteiger partial charge in [0.05, 0.1) is 28.6 Å². The van der Waals surface area contributed by atoms with Crippen molar-refractivity contribution in [2.45, 2.75) is 42.9 Å². The molecule has 0 spiro atoms. The molecule has 35 heavy (non-hydrogen) atoms. The predicted octanol–water partition coefficient (Wildman–Crippen LogP) is 7.98. The van der Waals surface area contributed by atoms with E-state index in [4.69, 9.17) is 14.8 Å². The van der Waals surface area contributed by atoms with Gasteiger partial charge in [0.1, 0.15) is 16.6 Å². The van der Waals surface area contributed by atoms with E-state index < -0.39 is 17.3 Å². The summed E-state index contributed by atoms with van der Waals surface area (Å²) >= 11 is 2.94. The summed E-state index contributed by atoms with van der Waals surface area (Å²) in [5.74, 6) is -1.21. The molecule has 4 aromatic rings. The Morgan fingerprint density at radius 2 is 1.89 bits per heavy atom. The molecular weight excluding hydrogens is 483 g/mol. The summed E-state index contributed by atoms with van der Waals surface area (Å²) in [6, 6.07) is 17.1. The zero-order valence-electron chi connectivity index (χ0n) is 19.2. The number of fused-ring (bicyclic) bond motifs is 1. The Morgan fingerprint density at radius 1 is 1.11 bits per heavy atom. The van der Waals surface area contributed by atoms with Gasteiger partial charge in [0, 0.05) is 16.5 Å². The van der Waals surface area contributed by atoms with Crippen LogP contribution < -0.4 is 9.46 Å². The molecular formula is C27H25FN2O3S2. The van der Waals surface area contributed by atoms with Crippen LogP contribution in [0.15, 0.2) is 59.5 Å². The third kappa shape index (κ3) is 5.13. The van der Waals surface area contributed by atoms with Crippen molar-refractivity contribution in [2.75, 3.05) is 11.8 Å². The van der Waals surface area contributed by atoms with Crippen LogP contribution in [0.3, 0.4) is 0 Å². The number of thiazole rings is 1. The predicted molar refractivity (Wildman–Crippen MR) is 140 cm³/mol. The lowest BCUT2D eigenvalue weighted by Crippen LogP contribution is -2.04. The first-order chi connectivity index (χ1) is 17.0. The number of aromatic carboxylic acids is 1. The van der Waals surface area contributed by atoms with E-state index in [2.05, 4.69) is 29.0 Å². The van der Waals surface area contributed by atoms with E-state index in [1.165, 1.54) is 62.8 Å². The molecule has 3 aromatic carbocycles. The number of hydrogen-bond donors (Lipinski definition) is 2. The SMILES string of the molecule is COc1cc(C(=O)O)c(F)cc1NSc1ccc2nc(-c3ccc(C4CCCCC4)cc3)sc2c1. The Labute approximate surface area is 211 Å². The highest BCUT2D eigenvalue weighted by molar-refractivity contribution is 8.00. The fourth-order valence-corrected chi connectivity index (χ4v) is 6.29. The van der Waals surface area contributed by atoms with Gasteiger partial charge < -0.3 is 14.6 Å². The Kier molecular flexibility index (Phi) is 6.92.